The summed E-state index contributed by atoms with van der Waals surface area (Å²) in [5.41, 5.74) is 3.63. The van der Waals surface area contributed by atoms with E-state index in [9.17, 15) is 8.78 Å². The molecule has 7 nitrogen and oxygen atoms in total. The van der Waals surface area contributed by atoms with Gasteiger partial charge in [0.1, 0.15) is 11.6 Å². The Balaban J connectivity index is 1.61. The predicted octanol–water partition coefficient (Wildman–Crippen LogP) is 4.72. The summed E-state index contributed by atoms with van der Waals surface area (Å²) >= 11 is 0. The number of hydrogen-bond acceptors (Lipinski definition) is 7. The predicted molar refractivity (Wildman–Crippen MR) is 118 cm³/mol. The third kappa shape index (κ3) is 5.30. The average molecular weight is 423 g/mol. The maximum Gasteiger partial charge on any atom is 0.250 e. The van der Waals surface area contributed by atoms with Crippen molar-refractivity contribution in [2.45, 2.75) is 32.2 Å². The Bertz CT molecular complexity index is 1070. The molecule has 1 fully saturated rings. The highest BCUT2D eigenvalue weighted by atomic mass is 19.1. The van der Waals surface area contributed by atoms with E-state index in [1.165, 1.54) is 24.4 Å². The summed E-state index contributed by atoms with van der Waals surface area (Å²) in [6.45, 7) is 2.96. The van der Waals surface area contributed by atoms with Gasteiger partial charge in [0.2, 0.25) is 17.8 Å². The van der Waals surface area contributed by atoms with Crippen LogP contribution in [0.5, 0.6) is 0 Å². The smallest absolute Gasteiger partial charge is 0.250 e. The highest BCUT2D eigenvalue weighted by Crippen LogP contribution is 2.25. The number of anilines is 4. The molecule has 2 N–H and O–H groups in total. The Hall–Kier alpha value is -3.62. The minimum Gasteiger partial charge on any atom is -0.338 e. The molecule has 2 aromatic carbocycles. The van der Waals surface area contributed by atoms with E-state index in [1.54, 1.807) is 30.3 Å². The van der Waals surface area contributed by atoms with Gasteiger partial charge in [0, 0.05) is 12.6 Å². The molecule has 1 atom stereocenters. The summed E-state index contributed by atoms with van der Waals surface area (Å²) in [5, 5.41) is 7.03. The molecular formula is C22H23F2N7. The van der Waals surface area contributed by atoms with Crippen LogP contribution in [0.25, 0.3) is 0 Å². The molecule has 3 aromatic rings. The number of nitrogens with zero attached hydrogens (tertiary/aromatic N) is 5. The molecule has 0 spiro atoms. The lowest BCUT2D eigenvalue weighted by Gasteiger charge is -2.33. The number of benzene rings is 2. The van der Waals surface area contributed by atoms with Crippen molar-refractivity contribution in [2.75, 3.05) is 22.2 Å². The van der Waals surface area contributed by atoms with Crippen LogP contribution in [0.15, 0.2) is 53.6 Å². The topological polar surface area (TPSA) is 78.3 Å². The summed E-state index contributed by atoms with van der Waals surface area (Å²) in [4.78, 5) is 15.4. The van der Waals surface area contributed by atoms with Gasteiger partial charge in [-0.05, 0) is 56.0 Å². The molecule has 0 amide bonds. The lowest BCUT2D eigenvalue weighted by Crippen LogP contribution is -2.38. The van der Waals surface area contributed by atoms with Crippen LogP contribution >= 0.6 is 0 Å². The summed E-state index contributed by atoms with van der Waals surface area (Å²) in [6.07, 6.45) is 4.72. The number of halogens is 2. The van der Waals surface area contributed by atoms with Crippen LogP contribution in [0.1, 0.15) is 31.7 Å². The van der Waals surface area contributed by atoms with Crippen molar-refractivity contribution < 1.29 is 8.78 Å². The Kier molecular flexibility index (Phi) is 6.30. The van der Waals surface area contributed by atoms with Gasteiger partial charge in [0.25, 0.3) is 0 Å². The molecule has 0 unspecified atom stereocenters. The monoisotopic (exact) mass is 423 g/mol. The van der Waals surface area contributed by atoms with Crippen molar-refractivity contribution in [3.8, 4) is 0 Å². The molecule has 1 aliphatic heterocycles. The zero-order valence-corrected chi connectivity index (χ0v) is 17.1. The highest BCUT2D eigenvalue weighted by Gasteiger charge is 2.22. The van der Waals surface area contributed by atoms with E-state index >= 15 is 0 Å². The van der Waals surface area contributed by atoms with E-state index in [0.29, 0.717) is 11.5 Å². The summed E-state index contributed by atoms with van der Waals surface area (Å²) < 4.78 is 27.4. The molecule has 2 heterocycles. The molecule has 9 heteroatoms. The lowest BCUT2D eigenvalue weighted by atomic mass is 10.0. The van der Waals surface area contributed by atoms with Gasteiger partial charge in [-0.15, -0.1) is 0 Å². The molecule has 0 aliphatic carbocycles. The second-order valence-electron chi connectivity index (χ2n) is 7.35. The Labute approximate surface area is 179 Å². The largest absolute Gasteiger partial charge is 0.338 e. The van der Waals surface area contributed by atoms with Gasteiger partial charge in [-0.1, -0.05) is 24.3 Å². The molecule has 4 rings (SSSR count). The average Bonchev–Trinajstić information content (AvgIpc) is 2.76. The van der Waals surface area contributed by atoms with E-state index in [4.69, 9.17) is 0 Å². The molecule has 1 saturated heterocycles. The number of rotatable bonds is 6. The fraction of sp³-hybridized carbons (Fsp3) is 0.273. The van der Waals surface area contributed by atoms with Crippen LogP contribution in [0.3, 0.4) is 0 Å². The zero-order chi connectivity index (χ0) is 21.6. The number of hydrazone groups is 1. The maximum absolute atomic E-state index is 14.1. The maximum atomic E-state index is 14.1. The SMILES string of the molecule is C[C@@H]1CCCCN1c1nc(N/N=C\c2cccc(F)c2)nc(Nc2ccccc2F)n1. The Morgan fingerprint density at radius 2 is 1.87 bits per heavy atom. The van der Waals surface area contributed by atoms with Crippen LogP contribution in [0, 0.1) is 11.6 Å². The normalized spacial score (nSPS) is 16.5. The van der Waals surface area contributed by atoms with Crippen LogP contribution in [-0.2, 0) is 0 Å². The van der Waals surface area contributed by atoms with E-state index in [2.05, 4.69) is 42.6 Å². The van der Waals surface area contributed by atoms with Crippen molar-refractivity contribution in [3.63, 3.8) is 0 Å². The standard InChI is InChI=1S/C22H23F2N7/c1-15-7-4-5-12-31(15)22-28-20(26-19-11-3-2-10-18(19)24)27-21(29-22)30-25-14-16-8-6-9-17(23)13-16/h2-3,6,8-11,13-15H,4-5,7,12H2,1H3,(H2,26,27,28,29,30)/b25-14-/t15-/m1/s1. The van der Waals surface area contributed by atoms with Crippen LogP contribution in [-0.4, -0.2) is 33.8 Å². The summed E-state index contributed by atoms with van der Waals surface area (Å²) in [5.74, 6) is 0.145. The van der Waals surface area contributed by atoms with Crippen LogP contribution in [0.2, 0.25) is 0 Å². The minimum atomic E-state index is -0.408. The molecule has 31 heavy (non-hydrogen) atoms. The van der Waals surface area contributed by atoms with Gasteiger partial charge in [0.05, 0.1) is 11.9 Å². The van der Waals surface area contributed by atoms with Crippen molar-refractivity contribution in [1.29, 1.82) is 0 Å². The second kappa shape index (κ2) is 9.46. The quantitative estimate of drug-likeness (QED) is 0.441. The van der Waals surface area contributed by atoms with Crippen molar-refractivity contribution >= 4 is 29.7 Å². The first kappa shape index (κ1) is 20.6. The van der Waals surface area contributed by atoms with Gasteiger partial charge < -0.3 is 10.2 Å². The molecule has 160 valence electrons. The minimum absolute atomic E-state index is 0.203. The van der Waals surface area contributed by atoms with Crippen LogP contribution < -0.4 is 15.6 Å². The third-order valence-corrected chi connectivity index (χ3v) is 5.03. The van der Waals surface area contributed by atoms with Crippen molar-refractivity contribution in [1.82, 2.24) is 15.0 Å². The fourth-order valence-electron chi connectivity index (χ4n) is 3.43. The first-order valence-electron chi connectivity index (χ1n) is 10.2. The molecule has 1 aromatic heterocycles. The van der Waals surface area contributed by atoms with Crippen molar-refractivity contribution in [2.24, 2.45) is 5.10 Å². The number of hydrogen-bond donors (Lipinski definition) is 2. The number of para-hydroxylation sites is 1. The fourth-order valence-corrected chi connectivity index (χ4v) is 3.43. The molecule has 0 bridgehead atoms. The second-order valence-corrected chi connectivity index (χ2v) is 7.35. The van der Waals surface area contributed by atoms with Gasteiger partial charge >= 0.3 is 0 Å². The number of piperidine rings is 1. The third-order valence-electron chi connectivity index (χ3n) is 5.03. The van der Waals surface area contributed by atoms with E-state index in [0.717, 1.165) is 25.8 Å². The Morgan fingerprint density at radius 1 is 1.03 bits per heavy atom. The van der Waals surface area contributed by atoms with Crippen LogP contribution in [0.4, 0.5) is 32.3 Å². The van der Waals surface area contributed by atoms with Crippen molar-refractivity contribution in [3.05, 3.63) is 65.7 Å². The first-order valence-corrected chi connectivity index (χ1v) is 10.2. The lowest BCUT2D eigenvalue weighted by molar-refractivity contribution is 0.477. The van der Waals surface area contributed by atoms with E-state index in [1.807, 2.05) is 0 Å². The molecule has 0 radical (unpaired) electrons. The van der Waals surface area contributed by atoms with Gasteiger partial charge in [-0.3, -0.25) is 0 Å². The highest BCUT2D eigenvalue weighted by molar-refractivity contribution is 5.79. The first-order chi connectivity index (χ1) is 15.1. The zero-order valence-electron chi connectivity index (χ0n) is 17.1. The van der Waals surface area contributed by atoms with E-state index in [-0.39, 0.29) is 29.4 Å². The summed E-state index contributed by atoms with van der Waals surface area (Å²) in [7, 11) is 0. The van der Waals surface area contributed by atoms with Gasteiger partial charge in [-0.2, -0.15) is 20.1 Å². The van der Waals surface area contributed by atoms with Gasteiger partial charge in [-0.25, -0.2) is 14.2 Å². The molecule has 1 aliphatic rings. The summed E-state index contributed by atoms with van der Waals surface area (Å²) in [6, 6.07) is 12.7. The number of nitrogens with one attached hydrogen (secondary N) is 2. The van der Waals surface area contributed by atoms with Gasteiger partial charge in [0.15, 0.2) is 0 Å². The molecule has 0 saturated carbocycles. The number of aromatic nitrogens is 3. The van der Waals surface area contributed by atoms with E-state index < -0.39 is 5.82 Å². The Morgan fingerprint density at radius 3 is 2.68 bits per heavy atom. The molecular weight excluding hydrogens is 400 g/mol.